The van der Waals surface area contributed by atoms with Crippen molar-refractivity contribution in [1.82, 2.24) is 0 Å². The van der Waals surface area contributed by atoms with E-state index in [1.807, 2.05) is 0 Å². The summed E-state index contributed by atoms with van der Waals surface area (Å²) in [6, 6.07) is 7.87. The van der Waals surface area contributed by atoms with Crippen LogP contribution in [-0.4, -0.2) is 20.0 Å². The lowest BCUT2D eigenvalue weighted by atomic mass is 10.0. The highest BCUT2D eigenvalue weighted by atomic mass is 35.5. The van der Waals surface area contributed by atoms with E-state index in [-0.39, 0.29) is 16.6 Å². The van der Waals surface area contributed by atoms with E-state index in [9.17, 15) is 4.79 Å². The van der Waals surface area contributed by atoms with E-state index in [0.29, 0.717) is 27.6 Å². The molecule has 0 saturated carbocycles. The molecule has 110 valence electrons. The lowest BCUT2D eigenvalue weighted by molar-refractivity contribution is 0.103. The van der Waals surface area contributed by atoms with Crippen LogP contribution < -0.4 is 15.2 Å². The van der Waals surface area contributed by atoms with Crippen molar-refractivity contribution in [3.8, 4) is 11.5 Å². The van der Waals surface area contributed by atoms with Gasteiger partial charge in [-0.15, -0.1) is 0 Å². The SMILES string of the molecule is COc1ccc(C(=O)c2ccc(Cl)cc2N)c(OC)c1Cl. The maximum absolute atomic E-state index is 12.6. The number of benzene rings is 2. The predicted molar refractivity (Wildman–Crippen MR) is 83.9 cm³/mol. The Morgan fingerprint density at radius 1 is 1.05 bits per heavy atom. The van der Waals surface area contributed by atoms with Gasteiger partial charge in [0.1, 0.15) is 10.8 Å². The summed E-state index contributed by atoms with van der Waals surface area (Å²) >= 11 is 12.0. The minimum Gasteiger partial charge on any atom is -0.495 e. The van der Waals surface area contributed by atoms with Gasteiger partial charge in [-0.1, -0.05) is 23.2 Å². The standard InChI is InChI=1S/C15H13Cl2NO3/c1-20-12-6-5-10(15(21-2)13(12)17)14(19)9-4-3-8(16)7-11(9)18/h3-7H,18H2,1-2H3. The number of hydrogen-bond donors (Lipinski definition) is 1. The highest BCUT2D eigenvalue weighted by molar-refractivity contribution is 6.34. The molecule has 21 heavy (non-hydrogen) atoms. The first-order valence-corrected chi connectivity index (χ1v) is 6.75. The molecule has 0 spiro atoms. The van der Waals surface area contributed by atoms with Gasteiger partial charge in [-0.2, -0.15) is 0 Å². The van der Waals surface area contributed by atoms with Gasteiger partial charge in [0.25, 0.3) is 0 Å². The van der Waals surface area contributed by atoms with Crippen LogP contribution in [0, 0.1) is 0 Å². The van der Waals surface area contributed by atoms with Crippen LogP contribution in [0.1, 0.15) is 15.9 Å². The van der Waals surface area contributed by atoms with Gasteiger partial charge in [0.15, 0.2) is 11.5 Å². The molecule has 6 heteroatoms. The number of nitrogen functional groups attached to an aromatic ring is 1. The molecule has 0 atom stereocenters. The molecule has 0 fully saturated rings. The molecule has 2 N–H and O–H groups in total. The molecule has 0 heterocycles. The van der Waals surface area contributed by atoms with Gasteiger partial charge in [0, 0.05) is 16.3 Å². The van der Waals surface area contributed by atoms with Crippen LogP contribution in [0.15, 0.2) is 30.3 Å². The van der Waals surface area contributed by atoms with Crippen LogP contribution in [0.25, 0.3) is 0 Å². The van der Waals surface area contributed by atoms with Crippen LogP contribution >= 0.6 is 23.2 Å². The molecule has 0 unspecified atom stereocenters. The minimum absolute atomic E-state index is 0.235. The van der Waals surface area contributed by atoms with Gasteiger partial charge in [-0.25, -0.2) is 0 Å². The van der Waals surface area contributed by atoms with Gasteiger partial charge < -0.3 is 15.2 Å². The Morgan fingerprint density at radius 2 is 1.71 bits per heavy atom. The predicted octanol–water partition coefficient (Wildman–Crippen LogP) is 3.82. The molecule has 0 amide bonds. The lowest BCUT2D eigenvalue weighted by Crippen LogP contribution is -2.08. The topological polar surface area (TPSA) is 61.5 Å². The van der Waals surface area contributed by atoms with Crippen molar-refractivity contribution >= 4 is 34.7 Å². The van der Waals surface area contributed by atoms with Gasteiger partial charge in [-0.3, -0.25) is 4.79 Å². The molecule has 2 aromatic rings. The summed E-state index contributed by atoms with van der Waals surface area (Å²) in [7, 11) is 2.92. The van der Waals surface area contributed by atoms with Crippen molar-refractivity contribution < 1.29 is 14.3 Å². The van der Waals surface area contributed by atoms with Crippen LogP contribution in [-0.2, 0) is 0 Å². The Morgan fingerprint density at radius 3 is 2.29 bits per heavy atom. The summed E-state index contributed by atoms with van der Waals surface area (Å²) in [4.78, 5) is 12.6. The molecule has 0 aromatic heterocycles. The monoisotopic (exact) mass is 325 g/mol. The second-order valence-electron chi connectivity index (χ2n) is 4.22. The Kier molecular flexibility index (Phi) is 4.60. The molecule has 2 aromatic carbocycles. The molecule has 4 nitrogen and oxygen atoms in total. The summed E-state index contributed by atoms with van der Waals surface area (Å²) in [6.07, 6.45) is 0. The van der Waals surface area contributed by atoms with Crippen molar-refractivity contribution in [3.63, 3.8) is 0 Å². The largest absolute Gasteiger partial charge is 0.495 e. The smallest absolute Gasteiger partial charge is 0.198 e. The minimum atomic E-state index is -0.300. The second-order valence-corrected chi connectivity index (χ2v) is 5.04. The normalized spacial score (nSPS) is 10.3. The van der Waals surface area contributed by atoms with Gasteiger partial charge in [0.05, 0.1) is 19.8 Å². The summed E-state index contributed by atoms with van der Waals surface area (Å²) in [5, 5.41) is 0.696. The molecule has 0 aliphatic carbocycles. The molecule has 0 aliphatic heterocycles. The average molecular weight is 326 g/mol. The average Bonchev–Trinajstić information content (AvgIpc) is 2.46. The zero-order chi connectivity index (χ0) is 15.6. The fourth-order valence-corrected chi connectivity index (χ4v) is 2.46. The highest BCUT2D eigenvalue weighted by Gasteiger charge is 2.21. The Hall–Kier alpha value is -1.91. The van der Waals surface area contributed by atoms with Crippen molar-refractivity contribution in [2.24, 2.45) is 0 Å². The van der Waals surface area contributed by atoms with E-state index in [1.165, 1.54) is 20.3 Å². The summed E-state index contributed by atoms with van der Waals surface area (Å²) in [6.45, 7) is 0. The first-order chi connectivity index (χ1) is 9.99. The van der Waals surface area contributed by atoms with E-state index >= 15 is 0 Å². The van der Waals surface area contributed by atoms with E-state index < -0.39 is 0 Å². The van der Waals surface area contributed by atoms with E-state index in [1.54, 1.807) is 24.3 Å². The number of methoxy groups -OCH3 is 2. The number of anilines is 1. The first kappa shape index (κ1) is 15.5. The van der Waals surface area contributed by atoms with Crippen LogP contribution in [0.4, 0.5) is 5.69 Å². The molecular weight excluding hydrogens is 313 g/mol. The zero-order valence-corrected chi connectivity index (χ0v) is 13.0. The van der Waals surface area contributed by atoms with Crippen molar-refractivity contribution in [1.29, 1.82) is 0 Å². The van der Waals surface area contributed by atoms with Gasteiger partial charge >= 0.3 is 0 Å². The number of ether oxygens (including phenoxy) is 2. The van der Waals surface area contributed by atoms with Crippen LogP contribution in [0.2, 0.25) is 10.0 Å². The maximum Gasteiger partial charge on any atom is 0.198 e. The third-order valence-electron chi connectivity index (χ3n) is 2.99. The second kappa shape index (κ2) is 6.24. The molecule has 0 saturated heterocycles. The highest BCUT2D eigenvalue weighted by Crippen LogP contribution is 2.38. The van der Waals surface area contributed by atoms with Crippen molar-refractivity contribution in [3.05, 3.63) is 51.5 Å². The zero-order valence-electron chi connectivity index (χ0n) is 11.4. The first-order valence-electron chi connectivity index (χ1n) is 5.99. The molecule has 2 rings (SSSR count). The maximum atomic E-state index is 12.6. The van der Waals surface area contributed by atoms with Gasteiger partial charge in [0.2, 0.25) is 0 Å². The summed E-state index contributed by atoms with van der Waals surface area (Å²) in [5.74, 6) is 0.370. The fraction of sp³-hybridized carbons (Fsp3) is 0.133. The molecule has 0 radical (unpaired) electrons. The molecular formula is C15H13Cl2NO3. The Labute approximate surface area is 132 Å². The van der Waals surface area contributed by atoms with Crippen LogP contribution in [0.3, 0.4) is 0 Å². The summed E-state index contributed by atoms with van der Waals surface area (Å²) in [5.41, 5.74) is 6.77. The number of carbonyl (C=O) groups is 1. The molecule has 0 bridgehead atoms. The van der Waals surface area contributed by atoms with Gasteiger partial charge in [-0.05, 0) is 30.3 Å². The quantitative estimate of drug-likeness (QED) is 0.685. The van der Waals surface area contributed by atoms with E-state index in [0.717, 1.165) is 0 Å². The van der Waals surface area contributed by atoms with Crippen LogP contribution in [0.5, 0.6) is 11.5 Å². The Bertz CT molecular complexity index is 702. The van der Waals surface area contributed by atoms with E-state index in [2.05, 4.69) is 0 Å². The molecule has 0 aliphatic rings. The number of carbonyl (C=O) groups excluding carboxylic acids is 1. The number of nitrogens with two attached hydrogens (primary N) is 1. The van der Waals surface area contributed by atoms with Crippen molar-refractivity contribution in [2.75, 3.05) is 20.0 Å². The number of ketones is 1. The fourth-order valence-electron chi connectivity index (χ4n) is 1.96. The number of halogens is 2. The number of hydrogen-bond acceptors (Lipinski definition) is 4. The third-order valence-corrected chi connectivity index (χ3v) is 3.58. The Balaban J connectivity index is 2.55. The lowest BCUT2D eigenvalue weighted by Gasteiger charge is -2.13. The third kappa shape index (κ3) is 2.91. The van der Waals surface area contributed by atoms with E-state index in [4.69, 9.17) is 38.4 Å². The van der Waals surface area contributed by atoms with Crippen molar-refractivity contribution in [2.45, 2.75) is 0 Å². The summed E-state index contributed by atoms with van der Waals surface area (Å²) < 4.78 is 10.3. The number of rotatable bonds is 4.